The van der Waals surface area contributed by atoms with E-state index in [9.17, 15) is 9.59 Å². The lowest BCUT2D eigenvalue weighted by atomic mass is 11.1. The van der Waals surface area contributed by atoms with Gasteiger partial charge in [-0.15, -0.1) is 5.06 Å². The summed E-state index contributed by atoms with van der Waals surface area (Å²) >= 11 is 0. The Morgan fingerprint density at radius 2 is 2.22 bits per heavy atom. The fourth-order valence-corrected chi connectivity index (χ4v) is 0.236. The highest BCUT2D eigenvalue weighted by atomic mass is 16.7. The van der Waals surface area contributed by atoms with E-state index in [1.807, 2.05) is 0 Å². The number of hydrogen-bond donors (Lipinski definition) is 0. The number of methoxy groups -OCH3 is 1. The molecule has 0 unspecified atom stereocenters. The molecule has 0 atom stereocenters. The minimum absolute atomic E-state index is 0.136. The Labute approximate surface area is 52.1 Å². The molecule has 0 aromatic carbocycles. The molecule has 0 fully saturated rings. The Balaban J connectivity index is 3.58. The van der Waals surface area contributed by atoms with E-state index < -0.39 is 6.09 Å². The topological polar surface area (TPSA) is 55.8 Å². The second-order valence-corrected chi connectivity index (χ2v) is 1.17. The molecule has 0 bridgehead atoms. The van der Waals surface area contributed by atoms with Crippen molar-refractivity contribution in [2.75, 3.05) is 14.2 Å². The van der Waals surface area contributed by atoms with Gasteiger partial charge in [0.25, 0.3) is 0 Å². The van der Waals surface area contributed by atoms with Gasteiger partial charge in [-0.05, 0) is 0 Å². The summed E-state index contributed by atoms with van der Waals surface area (Å²) in [6.07, 6.45) is -0.720. The van der Waals surface area contributed by atoms with Gasteiger partial charge in [0.2, 0.25) is 0 Å². The third kappa shape index (κ3) is 2.53. The van der Waals surface area contributed by atoms with Gasteiger partial charge in [-0.2, -0.15) is 0 Å². The Bertz CT molecular complexity index is 113. The van der Waals surface area contributed by atoms with Gasteiger partial charge in [0.05, 0.1) is 14.2 Å². The SMILES string of the molecule is COC(=O)N(C)OC=O. The smallest absolute Gasteiger partial charge is 0.442 e. The Morgan fingerprint density at radius 3 is 2.56 bits per heavy atom. The van der Waals surface area contributed by atoms with Crippen LogP contribution in [0, 0.1) is 0 Å². The van der Waals surface area contributed by atoms with Crippen molar-refractivity contribution < 1.29 is 19.2 Å². The number of nitrogens with zero attached hydrogens (tertiary/aromatic N) is 1. The molecule has 0 aromatic rings. The van der Waals surface area contributed by atoms with Crippen molar-refractivity contribution in [2.45, 2.75) is 0 Å². The highest BCUT2D eigenvalue weighted by Gasteiger charge is 2.06. The van der Waals surface area contributed by atoms with E-state index in [1.54, 1.807) is 0 Å². The zero-order valence-corrected chi connectivity index (χ0v) is 5.16. The molecule has 1 amide bonds. The number of hydroxylamine groups is 2. The van der Waals surface area contributed by atoms with Gasteiger partial charge in [-0.1, -0.05) is 0 Å². The van der Waals surface area contributed by atoms with E-state index >= 15 is 0 Å². The van der Waals surface area contributed by atoms with E-state index in [2.05, 4.69) is 9.57 Å². The van der Waals surface area contributed by atoms with Crippen LogP contribution in [0.15, 0.2) is 0 Å². The zero-order chi connectivity index (χ0) is 7.28. The maximum Gasteiger partial charge on any atom is 0.442 e. The maximum atomic E-state index is 10.3. The van der Waals surface area contributed by atoms with Crippen LogP contribution in [-0.4, -0.2) is 31.8 Å². The van der Waals surface area contributed by atoms with E-state index in [1.165, 1.54) is 14.2 Å². The van der Waals surface area contributed by atoms with Crippen molar-refractivity contribution in [1.82, 2.24) is 5.06 Å². The van der Waals surface area contributed by atoms with Gasteiger partial charge in [0.1, 0.15) is 0 Å². The summed E-state index contributed by atoms with van der Waals surface area (Å²) in [4.78, 5) is 24.0. The van der Waals surface area contributed by atoms with Crippen LogP contribution in [0.5, 0.6) is 0 Å². The number of amides is 1. The lowest BCUT2D eigenvalue weighted by molar-refractivity contribution is -0.158. The van der Waals surface area contributed by atoms with Crippen molar-refractivity contribution in [3.05, 3.63) is 0 Å². The normalized spacial score (nSPS) is 7.78. The molecule has 0 N–H and O–H groups in total. The number of carbonyl (C=O) groups is 2. The lowest BCUT2D eigenvalue weighted by Crippen LogP contribution is -2.25. The van der Waals surface area contributed by atoms with Crippen molar-refractivity contribution in [3.63, 3.8) is 0 Å². The molecular weight excluding hydrogens is 126 g/mol. The van der Waals surface area contributed by atoms with Crippen LogP contribution in [0.4, 0.5) is 4.79 Å². The molecule has 0 heterocycles. The molecule has 0 radical (unpaired) electrons. The molecule has 0 saturated carbocycles. The Kier molecular flexibility index (Phi) is 3.19. The van der Waals surface area contributed by atoms with E-state index in [0.717, 1.165) is 0 Å². The predicted octanol–water partition coefficient (Wildman–Crippen LogP) is -0.227. The first-order valence-electron chi connectivity index (χ1n) is 2.14. The molecular formula is C4H7NO4. The number of rotatable bonds is 2. The van der Waals surface area contributed by atoms with Gasteiger partial charge in [-0.25, -0.2) is 4.79 Å². The molecule has 0 aliphatic carbocycles. The second-order valence-electron chi connectivity index (χ2n) is 1.17. The third-order valence-corrected chi connectivity index (χ3v) is 0.633. The Hall–Kier alpha value is -1.26. The van der Waals surface area contributed by atoms with E-state index in [0.29, 0.717) is 5.06 Å². The van der Waals surface area contributed by atoms with Gasteiger partial charge >= 0.3 is 12.6 Å². The molecule has 5 heteroatoms. The third-order valence-electron chi connectivity index (χ3n) is 0.633. The van der Waals surface area contributed by atoms with Gasteiger partial charge in [-0.3, -0.25) is 4.79 Å². The fraction of sp³-hybridized carbons (Fsp3) is 0.500. The van der Waals surface area contributed by atoms with Crippen LogP contribution in [0.25, 0.3) is 0 Å². The van der Waals surface area contributed by atoms with Gasteiger partial charge < -0.3 is 9.57 Å². The van der Waals surface area contributed by atoms with Crippen LogP contribution >= 0.6 is 0 Å². The highest BCUT2D eigenvalue weighted by molar-refractivity contribution is 5.66. The van der Waals surface area contributed by atoms with Gasteiger partial charge in [0.15, 0.2) is 0 Å². The van der Waals surface area contributed by atoms with Crippen molar-refractivity contribution in [3.8, 4) is 0 Å². The van der Waals surface area contributed by atoms with Crippen LogP contribution < -0.4 is 0 Å². The van der Waals surface area contributed by atoms with Crippen LogP contribution in [0.3, 0.4) is 0 Å². The summed E-state index contributed by atoms with van der Waals surface area (Å²) in [5.41, 5.74) is 0. The maximum absolute atomic E-state index is 10.3. The highest BCUT2D eigenvalue weighted by Crippen LogP contribution is 1.85. The number of carbonyl (C=O) groups excluding carboxylic acids is 2. The molecule has 0 aliphatic heterocycles. The molecule has 0 aromatic heterocycles. The quantitative estimate of drug-likeness (QED) is 0.385. The van der Waals surface area contributed by atoms with Crippen molar-refractivity contribution >= 4 is 12.6 Å². The second kappa shape index (κ2) is 3.71. The monoisotopic (exact) mass is 133 g/mol. The standard InChI is InChI=1S/C4H7NO4/c1-5(9-3-6)4(7)8-2/h3H,1-2H3. The summed E-state index contributed by atoms with van der Waals surface area (Å²) in [5, 5.41) is 0.674. The minimum Gasteiger partial charge on any atom is -0.451 e. The Morgan fingerprint density at radius 1 is 1.67 bits per heavy atom. The number of hydrogen-bond acceptors (Lipinski definition) is 4. The summed E-state index contributed by atoms with van der Waals surface area (Å²) in [6.45, 7) is 0.136. The minimum atomic E-state index is -0.720. The molecule has 0 saturated heterocycles. The summed E-state index contributed by atoms with van der Waals surface area (Å²) in [5.74, 6) is 0. The molecule has 0 rings (SSSR count). The van der Waals surface area contributed by atoms with Gasteiger partial charge in [0, 0.05) is 0 Å². The first-order chi connectivity index (χ1) is 4.22. The fourth-order valence-electron chi connectivity index (χ4n) is 0.236. The summed E-state index contributed by atoms with van der Waals surface area (Å²) in [6, 6.07) is 0. The molecule has 0 spiro atoms. The van der Waals surface area contributed by atoms with Crippen molar-refractivity contribution in [2.24, 2.45) is 0 Å². The predicted molar refractivity (Wildman–Crippen MR) is 27.3 cm³/mol. The molecule has 5 nitrogen and oxygen atoms in total. The molecule has 52 valence electrons. The zero-order valence-electron chi connectivity index (χ0n) is 5.16. The first-order valence-corrected chi connectivity index (χ1v) is 2.14. The first kappa shape index (κ1) is 7.74. The largest absolute Gasteiger partial charge is 0.451 e. The van der Waals surface area contributed by atoms with E-state index in [-0.39, 0.29) is 6.47 Å². The van der Waals surface area contributed by atoms with Crippen molar-refractivity contribution in [1.29, 1.82) is 0 Å². The lowest BCUT2D eigenvalue weighted by Gasteiger charge is -2.09. The summed E-state index contributed by atoms with van der Waals surface area (Å²) in [7, 11) is 2.45. The van der Waals surface area contributed by atoms with Crippen LogP contribution in [0.1, 0.15) is 0 Å². The average molecular weight is 133 g/mol. The van der Waals surface area contributed by atoms with Crippen LogP contribution in [0.2, 0.25) is 0 Å². The van der Waals surface area contributed by atoms with Crippen LogP contribution in [-0.2, 0) is 14.4 Å². The molecule has 9 heavy (non-hydrogen) atoms. The average Bonchev–Trinajstić information content (AvgIpc) is 1.87. The molecule has 0 aliphatic rings. The summed E-state index contributed by atoms with van der Waals surface area (Å²) < 4.78 is 4.17. The number of ether oxygens (including phenoxy) is 1. The van der Waals surface area contributed by atoms with E-state index in [4.69, 9.17) is 0 Å².